The van der Waals surface area contributed by atoms with Crippen molar-refractivity contribution in [1.82, 2.24) is 14.5 Å². The molecule has 0 saturated carbocycles. The first-order valence-electron chi connectivity index (χ1n) is 8.94. The van der Waals surface area contributed by atoms with Gasteiger partial charge in [-0.15, -0.1) is 0 Å². The Kier molecular flexibility index (Phi) is 5.92. The molecule has 2 heterocycles. The predicted molar refractivity (Wildman–Crippen MR) is 97.3 cm³/mol. The summed E-state index contributed by atoms with van der Waals surface area (Å²) in [5.74, 6) is 0.744. The molecule has 0 aromatic heterocycles. The normalized spacial score (nSPS) is 24.5. The Morgan fingerprint density at radius 3 is 2.38 bits per heavy atom. The minimum Gasteiger partial charge on any atom is -0.303 e. The zero-order chi connectivity index (χ0) is 17.0. The largest absolute Gasteiger partial charge is 0.303 e. The van der Waals surface area contributed by atoms with Crippen LogP contribution in [0, 0.1) is 5.92 Å². The van der Waals surface area contributed by atoms with Gasteiger partial charge in [0.25, 0.3) is 0 Å². The summed E-state index contributed by atoms with van der Waals surface area (Å²) < 4.78 is 25.4. The van der Waals surface area contributed by atoms with Crippen LogP contribution in [0.15, 0.2) is 30.3 Å². The van der Waals surface area contributed by atoms with Crippen molar-refractivity contribution >= 4 is 10.0 Å². The zero-order valence-corrected chi connectivity index (χ0v) is 15.3. The van der Waals surface area contributed by atoms with Crippen LogP contribution in [0.3, 0.4) is 0 Å². The van der Waals surface area contributed by atoms with Crippen molar-refractivity contribution in [3.05, 3.63) is 35.9 Å². The van der Waals surface area contributed by atoms with Gasteiger partial charge in [-0.25, -0.2) is 13.1 Å². The van der Waals surface area contributed by atoms with Crippen molar-refractivity contribution in [1.29, 1.82) is 0 Å². The maximum Gasteiger partial charge on any atom is 0.208 e. The van der Waals surface area contributed by atoms with Gasteiger partial charge < -0.3 is 4.90 Å². The van der Waals surface area contributed by atoms with Crippen LogP contribution in [-0.4, -0.2) is 63.2 Å². The number of rotatable bonds is 6. The van der Waals surface area contributed by atoms with Gasteiger partial charge in [-0.3, -0.25) is 4.90 Å². The minimum atomic E-state index is -3.08. The van der Waals surface area contributed by atoms with Crippen LogP contribution in [0.5, 0.6) is 0 Å². The second kappa shape index (κ2) is 7.95. The summed E-state index contributed by atoms with van der Waals surface area (Å²) in [5.41, 5.74) is 1.39. The first-order valence-corrected chi connectivity index (χ1v) is 10.8. The van der Waals surface area contributed by atoms with Crippen LogP contribution in [0.25, 0.3) is 0 Å². The van der Waals surface area contributed by atoms with E-state index in [1.54, 1.807) is 0 Å². The van der Waals surface area contributed by atoms with E-state index in [1.165, 1.54) is 31.3 Å². The fourth-order valence-electron chi connectivity index (χ4n) is 3.95. The number of benzene rings is 1. The maximum absolute atomic E-state index is 11.3. The summed E-state index contributed by atoms with van der Waals surface area (Å²) >= 11 is 0. The van der Waals surface area contributed by atoms with Gasteiger partial charge in [-0.1, -0.05) is 30.3 Å². The van der Waals surface area contributed by atoms with Crippen molar-refractivity contribution in [2.75, 3.05) is 39.0 Å². The Labute approximate surface area is 146 Å². The molecule has 0 bridgehead atoms. The third-order valence-electron chi connectivity index (χ3n) is 5.10. The lowest BCUT2D eigenvalue weighted by Crippen LogP contribution is -2.45. The van der Waals surface area contributed by atoms with Crippen molar-refractivity contribution in [3.8, 4) is 0 Å². The van der Waals surface area contributed by atoms with Gasteiger partial charge in [-0.2, -0.15) is 0 Å². The summed E-state index contributed by atoms with van der Waals surface area (Å²) in [7, 11) is -3.08. The highest BCUT2D eigenvalue weighted by Gasteiger charge is 2.27. The van der Waals surface area contributed by atoms with E-state index in [4.69, 9.17) is 0 Å². The number of nitrogens with one attached hydrogen (secondary N) is 1. The minimum absolute atomic E-state index is 0.120. The van der Waals surface area contributed by atoms with E-state index in [9.17, 15) is 8.42 Å². The Morgan fingerprint density at radius 2 is 1.71 bits per heavy atom. The SMILES string of the molecule is CS(=O)(=O)NC1CCN(CC2CCN(Cc3ccccc3)C2)CC1. The molecular formula is C18H29N3O2S. The highest BCUT2D eigenvalue weighted by atomic mass is 32.2. The van der Waals surface area contributed by atoms with Crippen LogP contribution in [0.2, 0.25) is 0 Å². The van der Waals surface area contributed by atoms with Gasteiger partial charge in [0.1, 0.15) is 0 Å². The highest BCUT2D eigenvalue weighted by Crippen LogP contribution is 2.21. The van der Waals surface area contributed by atoms with E-state index < -0.39 is 10.0 Å². The van der Waals surface area contributed by atoms with E-state index in [1.807, 2.05) is 0 Å². The van der Waals surface area contributed by atoms with E-state index in [0.29, 0.717) is 0 Å². The van der Waals surface area contributed by atoms with Crippen LogP contribution >= 0.6 is 0 Å². The van der Waals surface area contributed by atoms with Gasteiger partial charge in [0.2, 0.25) is 10.0 Å². The summed E-state index contributed by atoms with van der Waals surface area (Å²) in [6, 6.07) is 10.8. The second-order valence-corrected chi connectivity index (χ2v) is 9.12. The Hall–Kier alpha value is -0.950. The summed E-state index contributed by atoms with van der Waals surface area (Å²) in [6.07, 6.45) is 4.37. The molecule has 0 spiro atoms. The number of likely N-dealkylation sites (tertiary alicyclic amines) is 2. The first kappa shape index (κ1) is 17.9. The molecule has 0 radical (unpaired) electrons. The number of nitrogens with zero attached hydrogens (tertiary/aromatic N) is 2. The van der Waals surface area contributed by atoms with E-state index in [2.05, 4.69) is 44.9 Å². The van der Waals surface area contributed by atoms with Gasteiger partial charge in [0, 0.05) is 25.7 Å². The molecule has 1 aromatic carbocycles. The molecule has 0 aliphatic carbocycles. The van der Waals surface area contributed by atoms with Crippen LogP contribution in [-0.2, 0) is 16.6 Å². The van der Waals surface area contributed by atoms with Gasteiger partial charge >= 0.3 is 0 Å². The number of hydrogen-bond donors (Lipinski definition) is 1. The topological polar surface area (TPSA) is 52.7 Å². The van der Waals surface area contributed by atoms with E-state index in [-0.39, 0.29) is 6.04 Å². The van der Waals surface area contributed by atoms with Crippen molar-refractivity contribution in [2.24, 2.45) is 5.92 Å². The third-order valence-corrected chi connectivity index (χ3v) is 5.87. The molecule has 1 unspecified atom stereocenters. The first-order chi connectivity index (χ1) is 11.5. The van der Waals surface area contributed by atoms with Crippen molar-refractivity contribution in [2.45, 2.75) is 31.8 Å². The maximum atomic E-state index is 11.3. The smallest absolute Gasteiger partial charge is 0.208 e. The molecule has 1 atom stereocenters. The van der Waals surface area contributed by atoms with Crippen molar-refractivity contribution in [3.63, 3.8) is 0 Å². The fraction of sp³-hybridized carbons (Fsp3) is 0.667. The average molecular weight is 352 g/mol. The standard InChI is InChI=1S/C18H29N3O2S/c1-24(22,23)19-18-8-11-20(12-9-18)14-17-7-10-21(15-17)13-16-5-3-2-4-6-16/h2-6,17-19H,7-15H2,1H3. The summed E-state index contributed by atoms with van der Waals surface area (Å²) in [4.78, 5) is 5.06. The predicted octanol–water partition coefficient (Wildman–Crippen LogP) is 1.52. The molecule has 1 aromatic rings. The number of sulfonamides is 1. The van der Waals surface area contributed by atoms with E-state index >= 15 is 0 Å². The quantitative estimate of drug-likeness (QED) is 0.844. The molecule has 5 nitrogen and oxygen atoms in total. The highest BCUT2D eigenvalue weighted by molar-refractivity contribution is 7.88. The van der Waals surface area contributed by atoms with E-state index in [0.717, 1.165) is 44.9 Å². The molecule has 0 amide bonds. The summed E-state index contributed by atoms with van der Waals surface area (Å²) in [5, 5.41) is 0. The van der Waals surface area contributed by atoms with Crippen LogP contribution in [0.1, 0.15) is 24.8 Å². The number of piperidine rings is 1. The second-order valence-electron chi connectivity index (χ2n) is 7.34. The van der Waals surface area contributed by atoms with Gasteiger partial charge in [0.15, 0.2) is 0 Å². The Bertz CT molecular complexity index is 612. The molecule has 1 N–H and O–H groups in total. The third kappa shape index (κ3) is 5.55. The average Bonchev–Trinajstić information content (AvgIpc) is 2.96. The molecule has 6 heteroatoms. The molecule has 2 aliphatic heterocycles. The monoisotopic (exact) mass is 351 g/mol. The van der Waals surface area contributed by atoms with Gasteiger partial charge in [-0.05, 0) is 50.4 Å². The lowest BCUT2D eigenvalue weighted by molar-refractivity contribution is 0.177. The summed E-state index contributed by atoms with van der Waals surface area (Å²) in [6.45, 7) is 6.57. The fourth-order valence-corrected chi connectivity index (χ4v) is 4.79. The van der Waals surface area contributed by atoms with Crippen molar-refractivity contribution < 1.29 is 8.42 Å². The molecular weight excluding hydrogens is 322 g/mol. The van der Waals surface area contributed by atoms with Crippen LogP contribution in [0.4, 0.5) is 0 Å². The number of hydrogen-bond acceptors (Lipinski definition) is 4. The molecule has 3 rings (SSSR count). The molecule has 134 valence electrons. The molecule has 2 fully saturated rings. The Morgan fingerprint density at radius 1 is 1.04 bits per heavy atom. The van der Waals surface area contributed by atoms with Gasteiger partial charge in [0.05, 0.1) is 6.26 Å². The zero-order valence-electron chi connectivity index (χ0n) is 14.5. The van der Waals surface area contributed by atoms with Crippen LogP contribution < -0.4 is 4.72 Å². The lowest BCUT2D eigenvalue weighted by Gasteiger charge is -2.33. The Balaban J connectivity index is 1.39. The molecule has 2 saturated heterocycles. The molecule has 2 aliphatic rings. The lowest BCUT2D eigenvalue weighted by atomic mass is 10.0. The molecule has 24 heavy (non-hydrogen) atoms.